The van der Waals surface area contributed by atoms with E-state index >= 15 is 0 Å². The Hall–Kier alpha value is -0.900. The molecule has 0 saturated heterocycles. The number of aryl methyl sites for hydroxylation is 1. The molecule has 0 amide bonds. The van der Waals surface area contributed by atoms with Crippen molar-refractivity contribution in [3.8, 4) is 0 Å². The SMILES string of the molecule is CCCCCCCCOCCCN=C(NCC)NCCn1cnnc1CC.I. The van der Waals surface area contributed by atoms with E-state index in [2.05, 4.69) is 51.2 Å². The molecule has 28 heavy (non-hydrogen) atoms. The van der Waals surface area contributed by atoms with Gasteiger partial charge in [-0.15, -0.1) is 34.2 Å². The number of hydrogen-bond donors (Lipinski definition) is 2. The van der Waals surface area contributed by atoms with E-state index in [-0.39, 0.29) is 24.0 Å². The molecule has 0 radical (unpaired) electrons. The Labute approximate surface area is 188 Å². The van der Waals surface area contributed by atoms with Crippen LogP contribution in [0.5, 0.6) is 0 Å². The fourth-order valence-corrected chi connectivity index (χ4v) is 2.82. The first-order valence-corrected chi connectivity index (χ1v) is 10.8. The zero-order valence-corrected chi connectivity index (χ0v) is 20.4. The number of aromatic nitrogens is 3. The zero-order valence-electron chi connectivity index (χ0n) is 18.1. The first-order valence-electron chi connectivity index (χ1n) is 10.8. The van der Waals surface area contributed by atoms with Crippen LogP contribution >= 0.6 is 24.0 Å². The molecule has 7 nitrogen and oxygen atoms in total. The number of rotatable bonds is 16. The highest BCUT2D eigenvalue weighted by Gasteiger charge is 2.02. The first kappa shape index (κ1) is 27.1. The Morgan fingerprint density at radius 2 is 1.79 bits per heavy atom. The van der Waals surface area contributed by atoms with Crippen LogP contribution in [0.15, 0.2) is 11.3 Å². The molecule has 0 fully saturated rings. The molecule has 1 heterocycles. The Morgan fingerprint density at radius 3 is 2.54 bits per heavy atom. The first-order chi connectivity index (χ1) is 13.3. The highest BCUT2D eigenvalue weighted by molar-refractivity contribution is 14.0. The van der Waals surface area contributed by atoms with E-state index in [1.807, 2.05) is 0 Å². The van der Waals surface area contributed by atoms with Crippen molar-refractivity contribution >= 4 is 29.9 Å². The topological polar surface area (TPSA) is 76.4 Å². The molecule has 0 aliphatic heterocycles. The smallest absolute Gasteiger partial charge is 0.191 e. The predicted molar refractivity (Wildman–Crippen MR) is 128 cm³/mol. The average Bonchev–Trinajstić information content (AvgIpc) is 3.13. The molecule has 8 heteroatoms. The van der Waals surface area contributed by atoms with Gasteiger partial charge in [0.1, 0.15) is 12.2 Å². The van der Waals surface area contributed by atoms with Crippen molar-refractivity contribution in [3.05, 3.63) is 12.2 Å². The van der Waals surface area contributed by atoms with Gasteiger partial charge >= 0.3 is 0 Å². The summed E-state index contributed by atoms with van der Waals surface area (Å²) < 4.78 is 7.79. The van der Waals surface area contributed by atoms with E-state index in [9.17, 15) is 0 Å². The van der Waals surface area contributed by atoms with Crippen LogP contribution in [-0.4, -0.2) is 53.6 Å². The standard InChI is InChI=1S/C20H40N6O.HI/c1-4-7-8-9-10-11-16-27-17-12-13-22-20(21-6-3)23-14-15-26-18-24-25-19(26)5-2;/h18H,4-17H2,1-3H3,(H2,21,22,23);1H. The average molecular weight is 508 g/mol. The Balaban J connectivity index is 0.00000729. The minimum absolute atomic E-state index is 0. The van der Waals surface area contributed by atoms with Crippen molar-refractivity contribution in [3.63, 3.8) is 0 Å². The second kappa shape index (κ2) is 19.4. The van der Waals surface area contributed by atoms with Crippen LogP contribution < -0.4 is 10.6 Å². The van der Waals surface area contributed by atoms with Gasteiger partial charge < -0.3 is 19.9 Å². The summed E-state index contributed by atoms with van der Waals surface area (Å²) in [7, 11) is 0. The lowest BCUT2D eigenvalue weighted by atomic mass is 10.1. The minimum Gasteiger partial charge on any atom is -0.381 e. The Morgan fingerprint density at radius 1 is 1.04 bits per heavy atom. The van der Waals surface area contributed by atoms with Crippen LogP contribution in [0.1, 0.15) is 71.5 Å². The van der Waals surface area contributed by atoms with Crippen molar-refractivity contribution in [1.82, 2.24) is 25.4 Å². The van der Waals surface area contributed by atoms with Gasteiger partial charge in [-0.3, -0.25) is 4.99 Å². The number of halogens is 1. The quantitative estimate of drug-likeness (QED) is 0.154. The largest absolute Gasteiger partial charge is 0.381 e. The fraction of sp³-hybridized carbons (Fsp3) is 0.850. The molecule has 0 bridgehead atoms. The molecule has 1 aromatic heterocycles. The van der Waals surface area contributed by atoms with Crippen LogP contribution in [0.3, 0.4) is 0 Å². The molecule has 0 aliphatic carbocycles. The van der Waals surface area contributed by atoms with Gasteiger partial charge in [-0.2, -0.15) is 0 Å². The predicted octanol–water partition coefficient (Wildman–Crippen LogP) is 3.78. The van der Waals surface area contributed by atoms with Crippen LogP contribution in [-0.2, 0) is 17.7 Å². The maximum Gasteiger partial charge on any atom is 0.191 e. The molecular weight excluding hydrogens is 467 g/mol. The maximum atomic E-state index is 5.71. The van der Waals surface area contributed by atoms with E-state index in [0.29, 0.717) is 0 Å². The highest BCUT2D eigenvalue weighted by atomic mass is 127. The maximum absolute atomic E-state index is 5.71. The summed E-state index contributed by atoms with van der Waals surface area (Å²) in [4.78, 5) is 4.62. The second-order valence-electron chi connectivity index (χ2n) is 6.72. The summed E-state index contributed by atoms with van der Waals surface area (Å²) in [6.07, 6.45) is 11.5. The molecule has 0 saturated carbocycles. The third-order valence-corrected chi connectivity index (χ3v) is 4.36. The summed E-state index contributed by atoms with van der Waals surface area (Å²) in [5, 5.41) is 14.7. The van der Waals surface area contributed by atoms with Crippen molar-refractivity contribution in [2.75, 3.05) is 32.8 Å². The van der Waals surface area contributed by atoms with E-state index in [1.165, 1.54) is 38.5 Å². The van der Waals surface area contributed by atoms with E-state index in [1.54, 1.807) is 6.33 Å². The Bertz CT molecular complexity index is 495. The number of ether oxygens (including phenoxy) is 1. The normalized spacial score (nSPS) is 11.3. The van der Waals surface area contributed by atoms with Gasteiger partial charge in [0, 0.05) is 45.8 Å². The Kier molecular flexibility index (Phi) is 18.8. The lowest BCUT2D eigenvalue weighted by Crippen LogP contribution is -2.39. The molecule has 0 aliphatic rings. The molecule has 0 aromatic carbocycles. The lowest BCUT2D eigenvalue weighted by Gasteiger charge is -2.12. The van der Waals surface area contributed by atoms with E-state index < -0.39 is 0 Å². The zero-order chi connectivity index (χ0) is 19.6. The van der Waals surface area contributed by atoms with Crippen LogP contribution in [0.25, 0.3) is 0 Å². The molecule has 0 unspecified atom stereocenters. The van der Waals surface area contributed by atoms with Gasteiger partial charge in [-0.1, -0.05) is 46.0 Å². The van der Waals surface area contributed by atoms with Crippen LogP contribution in [0, 0.1) is 0 Å². The summed E-state index contributed by atoms with van der Waals surface area (Å²) >= 11 is 0. The summed E-state index contributed by atoms with van der Waals surface area (Å²) in [6, 6.07) is 0. The molecule has 1 aromatic rings. The molecule has 0 atom stereocenters. The molecule has 2 N–H and O–H groups in total. The van der Waals surface area contributed by atoms with Gasteiger partial charge in [0.25, 0.3) is 0 Å². The fourth-order valence-electron chi connectivity index (χ4n) is 2.82. The number of unbranched alkanes of at least 4 members (excludes halogenated alkanes) is 5. The summed E-state index contributed by atoms with van der Waals surface area (Å²) in [5.41, 5.74) is 0. The van der Waals surface area contributed by atoms with Crippen molar-refractivity contribution in [2.24, 2.45) is 4.99 Å². The molecule has 0 spiro atoms. The van der Waals surface area contributed by atoms with Crippen LogP contribution in [0.2, 0.25) is 0 Å². The van der Waals surface area contributed by atoms with Gasteiger partial charge in [-0.05, 0) is 19.8 Å². The molecule has 164 valence electrons. The van der Waals surface area contributed by atoms with Crippen molar-refractivity contribution in [1.29, 1.82) is 0 Å². The van der Waals surface area contributed by atoms with E-state index in [0.717, 1.165) is 64.0 Å². The number of hydrogen-bond acceptors (Lipinski definition) is 4. The number of aliphatic imine (C=N–C) groups is 1. The summed E-state index contributed by atoms with van der Waals surface area (Å²) in [6.45, 7) is 11.4. The minimum atomic E-state index is 0. The number of guanidine groups is 1. The molecular formula is C20H41IN6O. The third kappa shape index (κ3) is 13.3. The van der Waals surface area contributed by atoms with E-state index in [4.69, 9.17) is 4.74 Å². The van der Waals surface area contributed by atoms with Crippen LogP contribution in [0.4, 0.5) is 0 Å². The lowest BCUT2D eigenvalue weighted by molar-refractivity contribution is 0.129. The summed E-state index contributed by atoms with van der Waals surface area (Å²) in [5.74, 6) is 1.88. The van der Waals surface area contributed by atoms with Crippen molar-refractivity contribution in [2.45, 2.75) is 78.7 Å². The van der Waals surface area contributed by atoms with Gasteiger partial charge in [0.05, 0.1) is 0 Å². The molecule has 1 rings (SSSR count). The monoisotopic (exact) mass is 508 g/mol. The third-order valence-electron chi connectivity index (χ3n) is 4.36. The number of nitrogens with one attached hydrogen (secondary N) is 2. The number of nitrogens with zero attached hydrogens (tertiary/aromatic N) is 4. The van der Waals surface area contributed by atoms with Crippen molar-refractivity contribution < 1.29 is 4.74 Å². The van der Waals surface area contributed by atoms with Gasteiger partial charge in [-0.25, -0.2) is 0 Å². The van der Waals surface area contributed by atoms with Gasteiger partial charge in [0.15, 0.2) is 5.96 Å². The van der Waals surface area contributed by atoms with Gasteiger partial charge in [0.2, 0.25) is 0 Å². The second-order valence-corrected chi connectivity index (χ2v) is 6.72. The highest BCUT2D eigenvalue weighted by Crippen LogP contribution is 2.04.